The van der Waals surface area contributed by atoms with E-state index in [1.165, 1.54) is 0 Å². The van der Waals surface area contributed by atoms with Gasteiger partial charge >= 0.3 is 0 Å². The van der Waals surface area contributed by atoms with Crippen LogP contribution in [0, 0.1) is 5.92 Å². The standard InChI is InChI=1S/C18H30N4O3/c1-13(2)17(23)20-9-10-21-18(19-3)22(4)12-14-7-8-15(24-5)11-16(14)25-6/h7-8,11,13H,9-10,12H2,1-6H3,(H,19,21)(H,20,23). The second-order valence-corrected chi connectivity index (χ2v) is 5.95. The zero-order valence-electron chi connectivity index (χ0n) is 16.0. The Labute approximate surface area is 150 Å². The van der Waals surface area contributed by atoms with Gasteiger partial charge in [-0.05, 0) is 12.1 Å². The molecule has 1 amide bonds. The van der Waals surface area contributed by atoms with Crippen LogP contribution in [0.25, 0.3) is 0 Å². The number of hydrogen-bond donors (Lipinski definition) is 2. The van der Waals surface area contributed by atoms with E-state index in [2.05, 4.69) is 15.6 Å². The number of rotatable bonds is 8. The monoisotopic (exact) mass is 350 g/mol. The summed E-state index contributed by atoms with van der Waals surface area (Å²) in [7, 11) is 6.95. The third-order valence-electron chi connectivity index (χ3n) is 3.71. The maximum atomic E-state index is 11.6. The van der Waals surface area contributed by atoms with Gasteiger partial charge in [-0.15, -0.1) is 0 Å². The summed E-state index contributed by atoms with van der Waals surface area (Å²) >= 11 is 0. The second-order valence-electron chi connectivity index (χ2n) is 5.95. The zero-order chi connectivity index (χ0) is 18.8. The normalized spacial score (nSPS) is 11.2. The third-order valence-corrected chi connectivity index (χ3v) is 3.71. The summed E-state index contributed by atoms with van der Waals surface area (Å²) in [6.45, 7) is 5.53. The lowest BCUT2D eigenvalue weighted by atomic mass is 10.2. The lowest BCUT2D eigenvalue weighted by Gasteiger charge is -2.23. The summed E-state index contributed by atoms with van der Waals surface area (Å²) in [4.78, 5) is 17.8. The highest BCUT2D eigenvalue weighted by molar-refractivity contribution is 5.80. The molecule has 1 aromatic carbocycles. The van der Waals surface area contributed by atoms with Crippen molar-refractivity contribution in [3.05, 3.63) is 23.8 Å². The van der Waals surface area contributed by atoms with Crippen molar-refractivity contribution in [2.75, 3.05) is 41.4 Å². The molecular weight excluding hydrogens is 320 g/mol. The first-order chi connectivity index (χ1) is 11.9. The van der Waals surface area contributed by atoms with Crippen LogP contribution in [-0.2, 0) is 11.3 Å². The van der Waals surface area contributed by atoms with E-state index in [-0.39, 0.29) is 11.8 Å². The van der Waals surface area contributed by atoms with Gasteiger partial charge in [0.2, 0.25) is 5.91 Å². The maximum absolute atomic E-state index is 11.6. The number of benzene rings is 1. The molecule has 0 atom stereocenters. The number of nitrogens with zero attached hydrogens (tertiary/aromatic N) is 2. The Hall–Kier alpha value is -2.44. The van der Waals surface area contributed by atoms with Crippen molar-refractivity contribution in [3.63, 3.8) is 0 Å². The highest BCUT2D eigenvalue weighted by Gasteiger charge is 2.11. The Kier molecular flexibility index (Phi) is 8.60. The van der Waals surface area contributed by atoms with Crippen LogP contribution in [-0.4, -0.2) is 58.2 Å². The predicted octanol–water partition coefficient (Wildman–Crippen LogP) is 1.48. The molecule has 0 unspecified atom stereocenters. The summed E-state index contributed by atoms with van der Waals surface area (Å²) in [6.07, 6.45) is 0. The van der Waals surface area contributed by atoms with Crippen molar-refractivity contribution >= 4 is 11.9 Å². The van der Waals surface area contributed by atoms with Gasteiger partial charge in [0.05, 0.1) is 14.2 Å². The highest BCUT2D eigenvalue weighted by Crippen LogP contribution is 2.25. The van der Waals surface area contributed by atoms with E-state index in [1.807, 2.05) is 44.0 Å². The maximum Gasteiger partial charge on any atom is 0.222 e. The van der Waals surface area contributed by atoms with Crippen LogP contribution < -0.4 is 20.1 Å². The van der Waals surface area contributed by atoms with Crippen molar-refractivity contribution in [1.82, 2.24) is 15.5 Å². The van der Waals surface area contributed by atoms with Gasteiger partial charge in [-0.25, -0.2) is 0 Å². The van der Waals surface area contributed by atoms with Gasteiger partial charge in [0.25, 0.3) is 0 Å². The first-order valence-electron chi connectivity index (χ1n) is 8.33. The van der Waals surface area contributed by atoms with E-state index < -0.39 is 0 Å². The average Bonchev–Trinajstić information content (AvgIpc) is 2.61. The molecule has 0 bridgehead atoms. The third kappa shape index (κ3) is 6.52. The number of guanidine groups is 1. The summed E-state index contributed by atoms with van der Waals surface area (Å²) < 4.78 is 10.7. The molecule has 7 nitrogen and oxygen atoms in total. The summed E-state index contributed by atoms with van der Waals surface area (Å²) in [6, 6.07) is 5.74. The van der Waals surface area contributed by atoms with Gasteiger partial charge in [0, 0.05) is 51.3 Å². The minimum Gasteiger partial charge on any atom is -0.497 e. The van der Waals surface area contributed by atoms with E-state index in [0.29, 0.717) is 19.6 Å². The van der Waals surface area contributed by atoms with Gasteiger partial charge in [-0.2, -0.15) is 0 Å². The SMILES string of the molecule is CN=C(NCCNC(=O)C(C)C)N(C)Cc1ccc(OC)cc1OC. The molecule has 1 rings (SSSR count). The first-order valence-corrected chi connectivity index (χ1v) is 8.33. The van der Waals surface area contributed by atoms with E-state index in [4.69, 9.17) is 9.47 Å². The Bertz CT molecular complexity index is 588. The van der Waals surface area contributed by atoms with Gasteiger partial charge in [-0.3, -0.25) is 9.79 Å². The smallest absolute Gasteiger partial charge is 0.222 e. The van der Waals surface area contributed by atoms with E-state index >= 15 is 0 Å². The molecule has 0 saturated heterocycles. The van der Waals surface area contributed by atoms with Crippen LogP contribution in [0.2, 0.25) is 0 Å². The molecule has 0 aromatic heterocycles. The van der Waals surface area contributed by atoms with E-state index in [9.17, 15) is 4.79 Å². The van der Waals surface area contributed by atoms with Crippen molar-refractivity contribution in [3.8, 4) is 11.5 Å². The van der Waals surface area contributed by atoms with Crippen LogP contribution in [0.1, 0.15) is 19.4 Å². The fraction of sp³-hybridized carbons (Fsp3) is 0.556. The molecule has 0 fully saturated rings. The van der Waals surface area contributed by atoms with Gasteiger partial charge < -0.3 is 25.0 Å². The molecule has 0 saturated carbocycles. The van der Waals surface area contributed by atoms with Crippen molar-refractivity contribution in [2.45, 2.75) is 20.4 Å². The summed E-state index contributed by atoms with van der Waals surface area (Å²) in [5.74, 6) is 2.31. The Morgan fingerprint density at radius 1 is 1.20 bits per heavy atom. The fourth-order valence-corrected chi connectivity index (χ4v) is 2.26. The quantitative estimate of drug-likeness (QED) is 0.422. The molecule has 0 radical (unpaired) electrons. The number of nitrogens with one attached hydrogen (secondary N) is 2. The number of aliphatic imine (C=N–C) groups is 1. The topological polar surface area (TPSA) is 75.2 Å². The molecule has 0 aliphatic heterocycles. The van der Waals surface area contributed by atoms with Crippen LogP contribution in [0.5, 0.6) is 11.5 Å². The molecule has 0 aliphatic carbocycles. The van der Waals surface area contributed by atoms with Crippen LogP contribution in [0.15, 0.2) is 23.2 Å². The molecule has 7 heteroatoms. The average molecular weight is 350 g/mol. The number of ether oxygens (including phenoxy) is 2. The minimum absolute atomic E-state index is 0.00970. The summed E-state index contributed by atoms with van der Waals surface area (Å²) in [5, 5.41) is 6.11. The largest absolute Gasteiger partial charge is 0.497 e. The number of carbonyl (C=O) groups is 1. The molecule has 0 heterocycles. The van der Waals surface area contributed by atoms with Crippen LogP contribution in [0.4, 0.5) is 0 Å². The molecular formula is C18H30N4O3. The lowest BCUT2D eigenvalue weighted by molar-refractivity contribution is -0.123. The van der Waals surface area contributed by atoms with Gasteiger partial charge in [0.1, 0.15) is 11.5 Å². The van der Waals surface area contributed by atoms with Crippen LogP contribution in [0.3, 0.4) is 0 Å². The number of hydrogen-bond acceptors (Lipinski definition) is 4. The lowest BCUT2D eigenvalue weighted by Crippen LogP contribution is -2.42. The Morgan fingerprint density at radius 3 is 2.44 bits per heavy atom. The van der Waals surface area contributed by atoms with Gasteiger partial charge in [-0.1, -0.05) is 13.8 Å². The summed E-state index contributed by atoms with van der Waals surface area (Å²) in [5.41, 5.74) is 1.03. The fourth-order valence-electron chi connectivity index (χ4n) is 2.26. The number of methoxy groups -OCH3 is 2. The molecule has 1 aromatic rings. The second kappa shape index (κ2) is 10.4. The van der Waals surface area contributed by atoms with Gasteiger partial charge in [0.15, 0.2) is 5.96 Å². The van der Waals surface area contributed by atoms with Crippen molar-refractivity contribution in [1.29, 1.82) is 0 Å². The predicted molar refractivity (Wildman–Crippen MR) is 100 cm³/mol. The molecule has 0 aliphatic rings. The Morgan fingerprint density at radius 2 is 1.88 bits per heavy atom. The van der Waals surface area contributed by atoms with Crippen LogP contribution >= 0.6 is 0 Å². The molecule has 2 N–H and O–H groups in total. The Balaban J connectivity index is 2.59. The molecule has 25 heavy (non-hydrogen) atoms. The minimum atomic E-state index is -0.00970. The number of amides is 1. The van der Waals surface area contributed by atoms with Crippen molar-refractivity contribution in [2.24, 2.45) is 10.9 Å². The first kappa shape index (κ1) is 20.6. The zero-order valence-corrected chi connectivity index (χ0v) is 16.0. The number of carbonyl (C=O) groups excluding carboxylic acids is 1. The highest BCUT2D eigenvalue weighted by atomic mass is 16.5. The molecule has 0 spiro atoms. The van der Waals surface area contributed by atoms with E-state index in [1.54, 1.807) is 21.3 Å². The molecule has 140 valence electrons. The van der Waals surface area contributed by atoms with Crippen molar-refractivity contribution < 1.29 is 14.3 Å². The van der Waals surface area contributed by atoms with E-state index in [0.717, 1.165) is 23.0 Å².